The third-order valence-corrected chi connectivity index (χ3v) is 3.58. The maximum Gasteiger partial charge on any atom is 0.304 e. The van der Waals surface area contributed by atoms with Crippen LogP contribution in [0.4, 0.5) is 0 Å². The number of fused-ring (bicyclic) bond motifs is 1. The number of hydrogen-bond donors (Lipinski definition) is 1. The van der Waals surface area contributed by atoms with E-state index in [-0.39, 0.29) is 12.3 Å². The molecule has 1 atom stereocenters. The Morgan fingerprint density at radius 1 is 1.79 bits per heavy atom. The van der Waals surface area contributed by atoms with Gasteiger partial charge in [0.1, 0.15) is 0 Å². The molecule has 4 heteroatoms. The summed E-state index contributed by atoms with van der Waals surface area (Å²) in [6.07, 6.45) is 0.171. The molecule has 1 aliphatic heterocycles. The first-order valence-electron chi connectivity index (χ1n) is 4.55. The first-order chi connectivity index (χ1) is 6.68. The van der Waals surface area contributed by atoms with E-state index in [4.69, 9.17) is 9.84 Å². The van der Waals surface area contributed by atoms with Crippen molar-refractivity contribution in [1.29, 1.82) is 0 Å². The summed E-state index contributed by atoms with van der Waals surface area (Å²) in [5.74, 6) is -0.709. The molecule has 3 nitrogen and oxygen atoms in total. The molecule has 0 fully saturated rings. The first kappa shape index (κ1) is 9.68. The third-order valence-electron chi connectivity index (χ3n) is 2.48. The molecule has 0 spiro atoms. The molecule has 1 N–H and O–H groups in total. The molecule has 0 saturated carbocycles. The van der Waals surface area contributed by atoms with Crippen molar-refractivity contribution in [3.8, 4) is 0 Å². The van der Waals surface area contributed by atoms with Crippen LogP contribution in [0.2, 0.25) is 0 Å². The van der Waals surface area contributed by atoms with Crippen molar-refractivity contribution in [3.05, 3.63) is 21.4 Å². The predicted molar refractivity (Wildman–Crippen MR) is 53.7 cm³/mol. The summed E-state index contributed by atoms with van der Waals surface area (Å²) in [4.78, 5) is 11.9. The second-order valence-electron chi connectivity index (χ2n) is 3.57. The predicted octanol–water partition coefficient (Wildman–Crippen LogP) is 2.15. The summed E-state index contributed by atoms with van der Waals surface area (Å²) in [6, 6.07) is 0. The normalized spacial score (nSPS) is 20.5. The minimum absolute atomic E-state index is 0.0440. The Balaban J connectivity index is 2.29. The van der Waals surface area contributed by atoms with E-state index in [2.05, 4.69) is 5.38 Å². The summed E-state index contributed by atoms with van der Waals surface area (Å²) in [5, 5.41) is 10.8. The number of aliphatic carboxylic acids is 1. The monoisotopic (exact) mass is 212 g/mol. The van der Waals surface area contributed by atoms with Gasteiger partial charge in [-0.15, -0.1) is 11.3 Å². The van der Waals surface area contributed by atoms with Crippen molar-refractivity contribution >= 4 is 17.3 Å². The van der Waals surface area contributed by atoms with Crippen molar-refractivity contribution < 1.29 is 14.6 Å². The fraction of sp³-hybridized carbons (Fsp3) is 0.500. The maximum atomic E-state index is 10.7. The zero-order chi connectivity index (χ0) is 10.1. The van der Waals surface area contributed by atoms with Gasteiger partial charge in [-0.05, 0) is 23.4 Å². The minimum Gasteiger partial charge on any atom is -0.481 e. The Labute approximate surface area is 86.3 Å². The van der Waals surface area contributed by atoms with Crippen LogP contribution in [-0.2, 0) is 16.1 Å². The molecule has 2 rings (SSSR count). The van der Waals surface area contributed by atoms with Gasteiger partial charge in [0.05, 0.1) is 19.6 Å². The van der Waals surface area contributed by atoms with Crippen LogP contribution < -0.4 is 0 Å². The molecule has 0 aromatic carbocycles. The average molecular weight is 212 g/mol. The average Bonchev–Trinajstić information content (AvgIpc) is 2.48. The SMILES string of the molecule is Cc1csc2c1C(CC(=O)O)COC2. The van der Waals surface area contributed by atoms with Crippen LogP contribution in [-0.4, -0.2) is 17.7 Å². The van der Waals surface area contributed by atoms with E-state index >= 15 is 0 Å². The molecule has 0 amide bonds. The molecule has 1 aromatic rings. The fourth-order valence-electron chi connectivity index (χ4n) is 1.92. The minimum atomic E-state index is -0.753. The molecule has 14 heavy (non-hydrogen) atoms. The van der Waals surface area contributed by atoms with Gasteiger partial charge in [0, 0.05) is 10.8 Å². The van der Waals surface area contributed by atoms with E-state index in [0.717, 1.165) is 0 Å². The lowest BCUT2D eigenvalue weighted by atomic mass is 9.92. The highest BCUT2D eigenvalue weighted by Gasteiger charge is 2.25. The van der Waals surface area contributed by atoms with Gasteiger partial charge in [-0.25, -0.2) is 0 Å². The van der Waals surface area contributed by atoms with Gasteiger partial charge in [-0.3, -0.25) is 4.79 Å². The van der Waals surface area contributed by atoms with Gasteiger partial charge in [-0.2, -0.15) is 0 Å². The lowest BCUT2D eigenvalue weighted by Gasteiger charge is -2.22. The van der Waals surface area contributed by atoms with E-state index < -0.39 is 5.97 Å². The molecule has 0 bridgehead atoms. The van der Waals surface area contributed by atoms with Crippen molar-refractivity contribution in [3.63, 3.8) is 0 Å². The Kier molecular flexibility index (Phi) is 2.56. The van der Waals surface area contributed by atoms with Crippen LogP contribution in [0.25, 0.3) is 0 Å². The lowest BCUT2D eigenvalue weighted by molar-refractivity contribution is -0.138. The van der Waals surface area contributed by atoms with Crippen molar-refractivity contribution in [2.75, 3.05) is 6.61 Å². The first-order valence-corrected chi connectivity index (χ1v) is 5.43. The van der Waals surface area contributed by atoms with Crippen molar-refractivity contribution in [2.45, 2.75) is 25.9 Å². The van der Waals surface area contributed by atoms with Gasteiger partial charge < -0.3 is 9.84 Å². The third kappa shape index (κ3) is 1.67. The summed E-state index contributed by atoms with van der Waals surface area (Å²) in [6.45, 7) is 3.22. The second kappa shape index (κ2) is 3.71. The molecule has 1 unspecified atom stereocenters. The van der Waals surface area contributed by atoms with Crippen LogP contribution in [0, 0.1) is 6.92 Å². The molecule has 0 radical (unpaired) electrons. The molecule has 0 saturated heterocycles. The van der Waals surface area contributed by atoms with Crippen LogP contribution in [0.3, 0.4) is 0 Å². The lowest BCUT2D eigenvalue weighted by Crippen LogP contribution is -2.18. The summed E-state index contributed by atoms with van der Waals surface area (Å²) >= 11 is 1.66. The molecule has 0 aliphatic carbocycles. The van der Waals surface area contributed by atoms with Crippen LogP contribution in [0.1, 0.15) is 28.3 Å². The highest BCUT2D eigenvalue weighted by atomic mass is 32.1. The second-order valence-corrected chi connectivity index (χ2v) is 4.53. The standard InChI is InChI=1S/C10H12O3S/c1-6-5-14-8-4-13-3-7(10(6)8)2-9(11)12/h5,7H,2-4H2,1H3,(H,11,12). The number of carboxylic acids is 1. The molecular weight excluding hydrogens is 200 g/mol. The van der Waals surface area contributed by atoms with E-state index in [1.165, 1.54) is 16.0 Å². The molecule has 2 heterocycles. The number of carboxylic acid groups (broad SMARTS) is 1. The van der Waals surface area contributed by atoms with Gasteiger partial charge >= 0.3 is 5.97 Å². The summed E-state index contributed by atoms with van der Waals surface area (Å²) < 4.78 is 5.37. The largest absolute Gasteiger partial charge is 0.481 e. The molecule has 1 aliphatic rings. The van der Waals surface area contributed by atoms with E-state index in [1.807, 2.05) is 6.92 Å². The molecule has 76 valence electrons. The summed E-state index contributed by atoms with van der Waals surface area (Å²) in [7, 11) is 0. The molecular formula is C10H12O3S. The Morgan fingerprint density at radius 2 is 2.57 bits per heavy atom. The zero-order valence-corrected chi connectivity index (χ0v) is 8.76. The fourth-order valence-corrected chi connectivity index (χ4v) is 2.97. The Morgan fingerprint density at radius 3 is 3.29 bits per heavy atom. The molecule has 1 aromatic heterocycles. The number of carbonyl (C=O) groups is 1. The van der Waals surface area contributed by atoms with Gasteiger partial charge in [0.25, 0.3) is 0 Å². The number of aryl methyl sites for hydroxylation is 1. The smallest absolute Gasteiger partial charge is 0.304 e. The van der Waals surface area contributed by atoms with Crippen LogP contribution in [0.5, 0.6) is 0 Å². The van der Waals surface area contributed by atoms with Gasteiger partial charge in [0.2, 0.25) is 0 Å². The van der Waals surface area contributed by atoms with Crippen LogP contribution >= 0.6 is 11.3 Å². The maximum absolute atomic E-state index is 10.7. The topological polar surface area (TPSA) is 46.5 Å². The number of ether oxygens (including phenoxy) is 1. The Bertz CT molecular complexity index is 356. The van der Waals surface area contributed by atoms with Gasteiger partial charge in [-0.1, -0.05) is 0 Å². The van der Waals surface area contributed by atoms with Crippen LogP contribution in [0.15, 0.2) is 5.38 Å². The number of thiophene rings is 1. The highest BCUT2D eigenvalue weighted by Crippen LogP contribution is 2.35. The van der Waals surface area contributed by atoms with Crippen molar-refractivity contribution in [1.82, 2.24) is 0 Å². The quantitative estimate of drug-likeness (QED) is 0.817. The van der Waals surface area contributed by atoms with Gasteiger partial charge in [0.15, 0.2) is 0 Å². The zero-order valence-electron chi connectivity index (χ0n) is 7.95. The highest BCUT2D eigenvalue weighted by molar-refractivity contribution is 7.10. The number of rotatable bonds is 2. The number of hydrogen-bond acceptors (Lipinski definition) is 3. The Hall–Kier alpha value is -0.870. The van der Waals surface area contributed by atoms with E-state index in [1.54, 1.807) is 11.3 Å². The van der Waals surface area contributed by atoms with Crippen molar-refractivity contribution in [2.24, 2.45) is 0 Å². The summed E-state index contributed by atoms with van der Waals surface area (Å²) in [5.41, 5.74) is 2.42. The van der Waals surface area contributed by atoms with E-state index in [0.29, 0.717) is 13.2 Å². The van der Waals surface area contributed by atoms with E-state index in [9.17, 15) is 4.79 Å².